The maximum absolute atomic E-state index is 4.37. The van der Waals surface area contributed by atoms with Crippen molar-refractivity contribution in [2.75, 3.05) is 0 Å². The van der Waals surface area contributed by atoms with Gasteiger partial charge in [-0.1, -0.05) is 0 Å². The van der Waals surface area contributed by atoms with Crippen LogP contribution in [0.5, 0.6) is 0 Å². The molecular weight excluding hydrogens is 224 g/mol. The summed E-state index contributed by atoms with van der Waals surface area (Å²) in [5.74, 6) is 2.26. The lowest BCUT2D eigenvalue weighted by molar-refractivity contribution is 0.501. The molecule has 0 N–H and O–H groups in total. The zero-order valence-electron chi connectivity index (χ0n) is 11.4. The summed E-state index contributed by atoms with van der Waals surface area (Å²) in [6.45, 7) is 8.44. The van der Waals surface area contributed by atoms with E-state index in [1.165, 1.54) is 29.7 Å². The highest BCUT2D eigenvalue weighted by atomic mass is 15.3. The van der Waals surface area contributed by atoms with Gasteiger partial charge in [0.2, 0.25) is 0 Å². The van der Waals surface area contributed by atoms with Crippen LogP contribution in [0.3, 0.4) is 0 Å². The molecule has 0 fully saturated rings. The zero-order valence-corrected chi connectivity index (χ0v) is 11.4. The second kappa shape index (κ2) is 4.26. The van der Waals surface area contributed by atoms with Crippen LogP contribution in [0.2, 0.25) is 0 Å². The highest BCUT2D eigenvalue weighted by molar-refractivity contribution is 5.29. The Balaban J connectivity index is 1.92. The fourth-order valence-electron chi connectivity index (χ4n) is 2.73. The quantitative estimate of drug-likeness (QED) is 0.813. The molecular formula is C14H20N4. The van der Waals surface area contributed by atoms with Crippen LogP contribution in [0.4, 0.5) is 0 Å². The van der Waals surface area contributed by atoms with Gasteiger partial charge >= 0.3 is 0 Å². The van der Waals surface area contributed by atoms with Crippen molar-refractivity contribution in [1.82, 2.24) is 19.3 Å². The van der Waals surface area contributed by atoms with Crippen LogP contribution < -0.4 is 0 Å². The first-order valence-electron chi connectivity index (χ1n) is 6.70. The largest absolute Gasteiger partial charge is 0.344 e. The highest BCUT2D eigenvalue weighted by Gasteiger charge is 2.16. The Labute approximate surface area is 108 Å². The molecule has 1 aliphatic rings. The van der Waals surface area contributed by atoms with Gasteiger partial charge in [-0.15, -0.1) is 10.2 Å². The Morgan fingerprint density at radius 2 is 2.00 bits per heavy atom. The van der Waals surface area contributed by atoms with Crippen molar-refractivity contribution in [2.45, 2.75) is 53.1 Å². The minimum Gasteiger partial charge on any atom is -0.344 e. The Kier molecular flexibility index (Phi) is 2.73. The lowest BCUT2D eigenvalue weighted by Gasteiger charge is -2.15. The monoisotopic (exact) mass is 244 g/mol. The molecule has 4 nitrogen and oxygen atoms in total. The van der Waals surface area contributed by atoms with Crippen LogP contribution in [0.25, 0.3) is 0 Å². The Bertz CT molecular complexity index is 577. The van der Waals surface area contributed by atoms with Gasteiger partial charge in [-0.25, -0.2) is 0 Å². The molecule has 0 unspecified atom stereocenters. The van der Waals surface area contributed by atoms with Crippen molar-refractivity contribution in [1.29, 1.82) is 0 Å². The number of hydrogen-bond donors (Lipinski definition) is 0. The van der Waals surface area contributed by atoms with Crippen LogP contribution in [0.15, 0.2) is 6.20 Å². The number of fused-ring (bicyclic) bond motifs is 1. The van der Waals surface area contributed by atoms with Gasteiger partial charge in [0.15, 0.2) is 5.82 Å². The van der Waals surface area contributed by atoms with E-state index in [2.05, 4.69) is 46.3 Å². The van der Waals surface area contributed by atoms with Gasteiger partial charge < -0.3 is 9.13 Å². The molecule has 3 heterocycles. The van der Waals surface area contributed by atoms with Crippen molar-refractivity contribution in [3.05, 3.63) is 34.7 Å². The van der Waals surface area contributed by atoms with Crippen LogP contribution in [0, 0.1) is 20.8 Å². The summed E-state index contributed by atoms with van der Waals surface area (Å²) in [5, 5.41) is 8.68. The van der Waals surface area contributed by atoms with E-state index in [1.54, 1.807) is 0 Å². The van der Waals surface area contributed by atoms with E-state index in [0.29, 0.717) is 0 Å². The second-order valence-corrected chi connectivity index (χ2v) is 5.29. The molecule has 18 heavy (non-hydrogen) atoms. The third-order valence-corrected chi connectivity index (χ3v) is 4.16. The third-order valence-electron chi connectivity index (χ3n) is 4.16. The Morgan fingerprint density at radius 3 is 2.72 bits per heavy atom. The first-order chi connectivity index (χ1) is 8.66. The Morgan fingerprint density at radius 1 is 1.17 bits per heavy atom. The van der Waals surface area contributed by atoms with E-state index in [-0.39, 0.29) is 0 Å². The van der Waals surface area contributed by atoms with Gasteiger partial charge in [-0.2, -0.15) is 0 Å². The minimum atomic E-state index is 0.841. The molecule has 3 rings (SSSR count). The molecule has 0 spiro atoms. The number of nitrogens with zero attached hydrogens (tertiary/aromatic N) is 4. The van der Waals surface area contributed by atoms with Crippen LogP contribution in [-0.4, -0.2) is 19.3 Å². The molecule has 0 aliphatic carbocycles. The van der Waals surface area contributed by atoms with Gasteiger partial charge in [0, 0.05) is 24.9 Å². The first kappa shape index (κ1) is 11.5. The third kappa shape index (κ3) is 1.76. The lowest BCUT2D eigenvalue weighted by Crippen LogP contribution is -2.15. The number of aryl methyl sites for hydroxylation is 2. The standard InChI is InChI=1S/C14H20N4/c1-10-8-17(12(3)11(10)2)9-14-16-15-13-6-4-5-7-18(13)14/h8H,4-7,9H2,1-3H3. The van der Waals surface area contributed by atoms with Crippen molar-refractivity contribution in [2.24, 2.45) is 0 Å². The number of rotatable bonds is 2. The molecule has 0 aromatic carbocycles. The SMILES string of the molecule is Cc1cn(Cc2nnc3n2CCCC3)c(C)c1C. The predicted octanol–water partition coefficient (Wildman–Crippen LogP) is 2.39. The second-order valence-electron chi connectivity index (χ2n) is 5.29. The van der Waals surface area contributed by atoms with Crippen LogP contribution in [0.1, 0.15) is 41.3 Å². The van der Waals surface area contributed by atoms with Gasteiger partial charge in [-0.3, -0.25) is 0 Å². The Hall–Kier alpha value is -1.58. The van der Waals surface area contributed by atoms with Crippen molar-refractivity contribution < 1.29 is 0 Å². The van der Waals surface area contributed by atoms with E-state index in [1.807, 2.05) is 0 Å². The van der Waals surface area contributed by atoms with Crippen molar-refractivity contribution >= 4 is 0 Å². The van der Waals surface area contributed by atoms with Crippen LogP contribution in [-0.2, 0) is 19.5 Å². The zero-order chi connectivity index (χ0) is 12.7. The maximum Gasteiger partial charge on any atom is 0.153 e. The number of aromatic nitrogens is 4. The summed E-state index contributed by atoms with van der Waals surface area (Å²) in [6, 6.07) is 0. The predicted molar refractivity (Wildman–Crippen MR) is 70.7 cm³/mol. The normalized spacial score (nSPS) is 14.8. The molecule has 0 saturated carbocycles. The number of hydrogen-bond acceptors (Lipinski definition) is 2. The molecule has 0 bridgehead atoms. The summed E-state index contributed by atoms with van der Waals surface area (Å²) < 4.78 is 4.59. The topological polar surface area (TPSA) is 35.6 Å². The molecule has 0 amide bonds. The van der Waals surface area contributed by atoms with E-state index in [9.17, 15) is 0 Å². The fourth-order valence-corrected chi connectivity index (χ4v) is 2.73. The van der Waals surface area contributed by atoms with Gasteiger partial charge in [0.05, 0.1) is 6.54 Å². The summed E-state index contributed by atoms with van der Waals surface area (Å²) in [5.41, 5.74) is 4.07. The van der Waals surface area contributed by atoms with Crippen molar-refractivity contribution in [3.8, 4) is 0 Å². The molecule has 2 aromatic rings. The van der Waals surface area contributed by atoms with Crippen LogP contribution >= 0.6 is 0 Å². The summed E-state index contributed by atoms with van der Waals surface area (Å²) in [7, 11) is 0. The summed E-state index contributed by atoms with van der Waals surface area (Å²) in [4.78, 5) is 0. The summed E-state index contributed by atoms with van der Waals surface area (Å²) >= 11 is 0. The van der Waals surface area contributed by atoms with E-state index < -0.39 is 0 Å². The molecule has 0 saturated heterocycles. The van der Waals surface area contributed by atoms with Crippen molar-refractivity contribution in [3.63, 3.8) is 0 Å². The van der Waals surface area contributed by atoms with Gasteiger partial charge in [0.25, 0.3) is 0 Å². The average Bonchev–Trinajstić information content (AvgIpc) is 2.89. The molecule has 2 aromatic heterocycles. The highest BCUT2D eigenvalue weighted by Crippen LogP contribution is 2.18. The molecule has 4 heteroatoms. The summed E-state index contributed by atoms with van der Waals surface area (Å²) in [6.07, 6.45) is 5.80. The fraction of sp³-hybridized carbons (Fsp3) is 0.571. The van der Waals surface area contributed by atoms with E-state index in [0.717, 1.165) is 31.2 Å². The van der Waals surface area contributed by atoms with Gasteiger partial charge in [-0.05, 0) is 44.7 Å². The molecule has 1 aliphatic heterocycles. The first-order valence-corrected chi connectivity index (χ1v) is 6.70. The average molecular weight is 244 g/mol. The lowest BCUT2D eigenvalue weighted by atomic mass is 10.2. The molecule has 96 valence electrons. The van der Waals surface area contributed by atoms with Gasteiger partial charge in [0.1, 0.15) is 5.82 Å². The smallest absolute Gasteiger partial charge is 0.153 e. The van der Waals surface area contributed by atoms with E-state index in [4.69, 9.17) is 0 Å². The molecule has 0 atom stereocenters. The molecule has 0 radical (unpaired) electrons. The minimum absolute atomic E-state index is 0.841. The van der Waals surface area contributed by atoms with E-state index >= 15 is 0 Å². The maximum atomic E-state index is 4.37.